The van der Waals surface area contributed by atoms with Crippen molar-refractivity contribution in [1.29, 1.82) is 0 Å². The van der Waals surface area contributed by atoms with Crippen molar-refractivity contribution in [3.8, 4) is 94.7 Å². The number of carbonyl (C=O) groups is 2. The Labute approximate surface area is 248 Å². The summed E-state index contributed by atoms with van der Waals surface area (Å²) >= 11 is 0. The van der Waals surface area contributed by atoms with Crippen LogP contribution in [0.2, 0.25) is 0 Å². The number of rotatable bonds is 6. The number of ether oxygens (including phenoxy) is 2. The van der Waals surface area contributed by atoms with Gasteiger partial charge in [0.15, 0.2) is 0 Å². The van der Waals surface area contributed by atoms with Gasteiger partial charge in [-0.15, -0.1) is 0 Å². The van der Waals surface area contributed by atoms with E-state index in [1.807, 2.05) is 5.92 Å². The number of carbonyl (C=O) groups excluding carboxylic acids is 2. The van der Waals surface area contributed by atoms with Crippen molar-refractivity contribution >= 4 is 19.5 Å². The van der Waals surface area contributed by atoms with E-state index in [1.54, 1.807) is 6.92 Å². The molecule has 1 unspecified atom stereocenters. The Morgan fingerprint density at radius 3 is 1.60 bits per heavy atom. The third kappa shape index (κ3) is 24.4. The van der Waals surface area contributed by atoms with Crippen molar-refractivity contribution in [2.45, 2.75) is 32.3 Å². The van der Waals surface area contributed by atoms with Gasteiger partial charge in [0.25, 0.3) is 0 Å². The quantitative estimate of drug-likeness (QED) is 0.115. The van der Waals surface area contributed by atoms with Crippen LogP contribution < -0.4 is 68.9 Å². The smallest absolute Gasteiger partial charge is 0.809 e. The minimum atomic E-state index is -5.56. The predicted molar refractivity (Wildman–Crippen MR) is 112 cm³/mol. The molecule has 0 radical (unpaired) electrons. The fourth-order valence-electron chi connectivity index (χ4n) is 1.41. The predicted octanol–water partition coefficient (Wildman–Crippen LogP) is -6.88. The zero-order chi connectivity index (χ0) is 25.0. The van der Waals surface area contributed by atoms with Crippen LogP contribution in [0.15, 0.2) is 0 Å². The van der Waals surface area contributed by atoms with Gasteiger partial charge in [-0.2, -0.15) is 0 Å². The summed E-state index contributed by atoms with van der Waals surface area (Å²) in [5, 5.41) is 0. The SMILES string of the molecule is CC#CC#CC#CC#CC#CC#CC#CC#CC(=O)O[C@@H](COC(C)=O)CC(F)P(=O)([O-])[O-].[Na+].[Na+]. The van der Waals surface area contributed by atoms with Gasteiger partial charge in [-0.05, 0) is 97.4 Å². The first-order valence-corrected chi connectivity index (χ1v) is 10.2. The Bertz CT molecular complexity index is 1310. The van der Waals surface area contributed by atoms with Gasteiger partial charge < -0.3 is 23.8 Å². The molecule has 164 valence electrons. The van der Waals surface area contributed by atoms with E-state index in [9.17, 15) is 28.3 Å². The molecule has 0 aromatic heterocycles. The molecule has 0 saturated heterocycles. The summed E-state index contributed by atoms with van der Waals surface area (Å²) in [6.07, 6.45) is -2.55. The minimum absolute atomic E-state index is 0. The van der Waals surface area contributed by atoms with Gasteiger partial charge in [-0.1, -0.05) is 5.92 Å². The molecule has 0 amide bonds. The van der Waals surface area contributed by atoms with Crippen LogP contribution in [0.5, 0.6) is 0 Å². The monoisotopic (exact) mass is 508 g/mol. The molecule has 0 rings (SSSR count). The van der Waals surface area contributed by atoms with Crippen molar-refractivity contribution < 1.29 is 96.9 Å². The summed E-state index contributed by atoms with van der Waals surface area (Å²) in [5.41, 5.74) is 0. The molecule has 0 aromatic rings. The van der Waals surface area contributed by atoms with Gasteiger partial charge in [-0.25, -0.2) is 9.18 Å². The summed E-state index contributed by atoms with van der Waals surface area (Å²) in [6, 6.07) is 0. The molecule has 0 N–H and O–H groups in total. The van der Waals surface area contributed by atoms with Gasteiger partial charge in [-0.3, -0.25) is 4.79 Å². The van der Waals surface area contributed by atoms with Gasteiger partial charge in [0.05, 0.1) is 0 Å². The fourth-order valence-corrected chi connectivity index (χ4v) is 1.90. The maximum atomic E-state index is 13.4. The van der Waals surface area contributed by atoms with E-state index in [0.717, 1.165) is 6.92 Å². The second-order valence-corrected chi connectivity index (χ2v) is 6.80. The molecule has 11 heteroatoms. The molecule has 0 saturated carbocycles. The molecule has 0 aromatic carbocycles. The number of halogens is 1. The van der Waals surface area contributed by atoms with E-state index in [1.165, 1.54) is 0 Å². The fraction of sp³-hybridized carbons (Fsp3) is 0.250. The molecule has 0 heterocycles. The normalized spacial score (nSPS) is 9.06. The summed E-state index contributed by atoms with van der Waals surface area (Å²) < 4.78 is 33.3. The van der Waals surface area contributed by atoms with Gasteiger partial charge >= 0.3 is 71.1 Å². The van der Waals surface area contributed by atoms with Crippen LogP contribution in [0.1, 0.15) is 20.3 Å². The zero-order valence-electron chi connectivity index (χ0n) is 19.3. The Kier molecular flexibility index (Phi) is 24.6. The summed E-state index contributed by atoms with van der Waals surface area (Å²) in [4.78, 5) is 43.8. The standard InChI is InChI=1S/C24H14FO7P.2Na/c1-3-4-5-6-7-8-9-10-11-12-13-14-15-16-17-18-24(27)32-22(20-31-21(2)26)19-23(25)33(28,29)30;;/h22-23H,19-20H2,1-2H3,(H2,28,29,30);;/q;2*+1/p-2/t22-,23?;;/m1../s1. The number of hydrogen-bond acceptors (Lipinski definition) is 7. The van der Waals surface area contributed by atoms with E-state index in [4.69, 9.17) is 0 Å². The maximum absolute atomic E-state index is 13.4. The van der Waals surface area contributed by atoms with Crippen molar-refractivity contribution in [3.05, 3.63) is 0 Å². The molecular weight excluding hydrogens is 496 g/mol. The molecule has 35 heavy (non-hydrogen) atoms. The van der Waals surface area contributed by atoms with Crippen LogP contribution >= 0.6 is 7.60 Å². The summed E-state index contributed by atoms with van der Waals surface area (Å²) in [6.45, 7) is 2.02. The Morgan fingerprint density at radius 2 is 1.23 bits per heavy atom. The molecule has 0 aliphatic carbocycles. The molecule has 2 atom stereocenters. The molecule has 0 bridgehead atoms. The van der Waals surface area contributed by atoms with Crippen LogP contribution in [-0.4, -0.2) is 30.6 Å². The van der Waals surface area contributed by atoms with E-state index < -0.39 is 44.6 Å². The van der Waals surface area contributed by atoms with E-state index in [0.29, 0.717) is 0 Å². The second-order valence-electron chi connectivity index (χ2n) is 5.16. The average molecular weight is 508 g/mol. The van der Waals surface area contributed by atoms with Crippen molar-refractivity contribution in [2.24, 2.45) is 0 Å². The van der Waals surface area contributed by atoms with Crippen molar-refractivity contribution in [1.82, 2.24) is 0 Å². The Morgan fingerprint density at radius 1 is 0.829 bits per heavy atom. The summed E-state index contributed by atoms with van der Waals surface area (Å²) in [7, 11) is -5.56. The average Bonchev–Trinajstić information content (AvgIpc) is 2.74. The van der Waals surface area contributed by atoms with Crippen molar-refractivity contribution in [3.63, 3.8) is 0 Å². The van der Waals surface area contributed by atoms with Crippen LogP contribution in [0.4, 0.5) is 4.39 Å². The number of alkyl halides is 1. The van der Waals surface area contributed by atoms with Gasteiger partial charge in [0.2, 0.25) is 0 Å². The second kappa shape index (κ2) is 23.3. The van der Waals surface area contributed by atoms with Gasteiger partial charge in [0, 0.05) is 19.3 Å². The first-order valence-electron chi connectivity index (χ1n) is 8.59. The Balaban J connectivity index is -0.00000512. The third-order valence-electron chi connectivity index (χ3n) is 2.65. The first kappa shape index (κ1) is 37.1. The van der Waals surface area contributed by atoms with Crippen LogP contribution in [0.25, 0.3) is 0 Å². The van der Waals surface area contributed by atoms with Crippen LogP contribution in [0, 0.1) is 94.7 Å². The van der Waals surface area contributed by atoms with Crippen molar-refractivity contribution in [2.75, 3.05) is 6.61 Å². The maximum Gasteiger partial charge on any atom is 1.00 e. The zero-order valence-corrected chi connectivity index (χ0v) is 24.1. The van der Waals surface area contributed by atoms with Crippen LogP contribution in [-0.2, 0) is 23.6 Å². The number of hydrogen-bond donors (Lipinski definition) is 0. The molecule has 0 fully saturated rings. The number of esters is 2. The minimum Gasteiger partial charge on any atom is -0.809 e. The third-order valence-corrected chi connectivity index (χ3v) is 3.55. The van der Waals surface area contributed by atoms with E-state index in [-0.39, 0.29) is 59.1 Å². The largest absolute Gasteiger partial charge is 1.00 e. The molecule has 7 nitrogen and oxygen atoms in total. The van der Waals surface area contributed by atoms with Crippen LogP contribution in [0.3, 0.4) is 0 Å². The summed E-state index contributed by atoms with van der Waals surface area (Å²) in [5.74, 6) is 32.8. The van der Waals surface area contributed by atoms with Gasteiger partial charge in [0.1, 0.15) is 18.6 Å². The Hall–Kier alpha value is -2.50. The molecule has 0 aliphatic heterocycles. The molecular formula is C24H12FNa2O7P. The molecule has 0 spiro atoms. The first-order chi connectivity index (χ1) is 15.7. The molecule has 0 aliphatic rings. The van der Waals surface area contributed by atoms with E-state index >= 15 is 0 Å². The van der Waals surface area contributed by atoms with E-state index in [2.05, 4.69) is 98.3 Å². The topological polar surface area (TPSA) is 116 Å².